The molecule has 0 spiro atoms. The number of amides is 1. The molecule has 4 aromatic rings. The Hall–Kier alpha value is -3.92. The van der Waals surface area contributed by atoms with Crippen LogP contribution in [0.2, 0.25) is 0 Å². The molecule has 1 N–H and O–H groups in total. The Morgan fingerprint density at radius 1 is 0.914 bits per heavy atom. The van der Waals surface area contributed by atoms with Gasteiger partial charge in [0.25, 0.3) is 5.91 Å². The van der Waals surface area contributed by atoms with Crippen molar-refractivity contribution in [3.8, 4) is 0 Å². The van der Waals surface area contributed by atoms with Gasteiger partial charge in [-0.25, -0.2) is 9.37 Å². The molecule has 0 aliphatic heterocycles. The number of oxazole rings is 1. The van der Waals surface area contributed by atoms with Gasteiger partial charge in [-0.15, -0.1) is 0 Å². The minimum absolute atomic E-state index is 0.0859. The van der Waals surface area contributed by atoms with Crippen LogP contribution in [0.25, 0.3) is 0 Å². The molecule has 10 heteroatoms. The van der Waals surface area contributed by atoms with Crippen molar-refractivity contribution < 1.29 is 31.2 Å². The number of carbonyl (C=O) groups is 1. The number of halogens is 4. The third-order valence-corrected chi connectivity index (χ3v) is 5.15. The van der Waals surface area contributed by atoms with Gasteiger partial charge in [-0.1, -0.05) is 24.3 Å². The molecule has 2 aromatic heterocycles. The highest BCUT2D eigenvalue weighted by atomic mass is 19.4. The van der Waals surface area contributed by atoms with Crippen LogP contribution in [-0.4, -0.2) is 15.8 Å². The van der Waals surface area contributed by atoms with Crippen molar-refractivity contribution in [2.24, 2.45) is 0 Å². The first kappa shape index (κ1) is 24.2. The van der Waals surface area contributed by atoms with E-state index in [1.807, 2.05) is 4.90 Å². The minimum atomic E-state index is -4.42. The van der Waals surface area contributed by atoms with E-state index >= 15 is 0 Å². The quantitative estimate of drug-likeness (QED) is 0.313. The number of carbonyl (C=O) groups excluding carboxylic acids is 1. The van der Waals surface area contributed by atoms with E-state index in [0.717, 1.165) is 17.7 Å². The number of nitrogens with zero attached hydrogens (tertiary/aromatic N) is 2. The Morgan fingerprint density at radius 2 is 1.57 bits per heavy atom. The van der Waals surface area contributed by atoms with Gasteiger partial charge in [0.15, 0.2) is 5.69 Å². The monoisotopic (exact) mass is 487 g/mol. The highest BCUT2D eigenvalue weighted by molar-refractivity contribution is 5.91. The normalized spacial score (nSPS) is 11.7. The number of nitrogens with one attached hydrogen (secondary N) is 1. The summed E-state index contributed by atoms with van der Waals surface area (Å²) in [6.45, 7) is 0.990. The molecule has 0 bridgehead atoms. The van der Waals surface area contributed by atoms with Crippen LogP contribution in [0.5, 0.6) is 0 Å². The number of furan rings is 1. The van der Waals surface area contributed by atoms with Gasteiger partial charge < -0.3 is 14.2 Å². The molecule has 2 aromatic carbocycles. The lowest BCUT2D eigenvalue weighted by Crippen LogP contribution is -2.24. The summed E-state index contributed by atoms with van der Waals surface area (Å²) in [7, 11) is 0. The first-order valence-electron chi connectivity index (χ1n) is 10.6. The highest BCUT2D eigenvalue weighted by Crippen LogP contribution is 2.29. The molecular weight excluding hydrogens is 466 g/mol. The molecule has 6 nitrogen and oxygen atoms in total. The van der Waals surface area contributed by atoms with Crippen molar-refractivity contribution in [3.63, 3.8) is 0 Å². The van der Waals surface area contributed by atoms with Crippen LogP contribution < -0.4 is 5.32 Å². The van der Waals surface area contributed by atoms with Crippen LogP contribution in [0.15, 0.2) is 82.0 Å². The van der Waals surface area contributed by atoms with Crippen molar-refractivity contribution in [2.45, 2.75) is 32.4 Å². The van der Waals surface area contributed by atoms with Gasteiger partial charge in [-0.05, 0) is 47.5 Å². The average molecular weight is 487 g/mol. The molecule has 1 amide bonds. The van der Waals surface area contributed by atoms with Crippen LogP contribution in [0, 0.1) is 5.82 Å². The van der Waals surface area contributed by atoms with E-state index in [9.17, 15) is 22.4 Å². The van der Waals surface area contributed by atoms with Gasteiger partial charge in [-0.2, -0.15) is 13.2 Å². The summed E-state index contributed by atoms with van der Waals surface area (Å²) in [5, 5.41) is 2.67. The van der Waals surface area contributed by atoms with Crippen molar-refractivity contribution in [1.82, 2.24) is 15.2 Å². The zero-order valence-corrected chi connectivity index (χ0v) is 18.4. The molecule has 0 radical (unpaired) electrons. The van der Waals surface area contributed by atoms with E-state index in [0.29, 0.717) is 17.9 Å². The van der Waals surface area contributed by atoms with Crippen LogP contribution in [0.4, 0.5) is 17.6 Å². The Balaban J connectivity index is 1.46. The maximum Gasteiger partial charge on any atom is 0.416 e. The summed E-state index contributed by atoms with van der Waals surface area (Å²) in [4.78, 5) is 18.5. The molecule has 0 aliphatic rings. The number of rotatable bonds is 9. The first-order valence-corrected chi connectivity index (χ1v) is 10.6. The van der Waals surface area contributed by atoms with Gasteiger partial charge >= 0.3 is 6.18 Å². The van der Waals surface area contributed by atoms with E-state index in [2.05, 4.69) is 10.3 Å². The second kappa shape index (κ2) is 10.6. The Morgan fingerprint density at radius 3 is 2.17 bits per heavy atom. The lowest BCUT2D eigenvalue weighted by molar-refractivity contribution is -0.137. The zero-order valence-electron chi connectivity index (χ0n) is 18.4. The second-order valence-corrected chi connectivity index (χ2v) is 7.85. The predicted molar refractivity (Wildman–Crippen MR) is 117 cm³/mol. The smallest absolute Gasteiger partial charge is 0.416 e. The fraction of sp³-hybridized carbons (Fsp3) is 0.200. The maximum absolute atomic E-state index is 13.3. The van der Waals surface area contributed by atoms with Crippen LogP contribution >= 0.6 is 0 Å². The minimum Gasteiger partial charge on any atom is -0.467 e. The average Bonchev–Trinajstić information content (AvgIpc) is 3.51. The van der Waals surface area contributed by atoms with Gasteiger partial charge in [-0.3, -0.25) is 9.69 Å². The topological polar surface area (TPSA) is 71.5 Å². The fourth-order valence-corrected chi connectivity index (χ4v) is 3.42. The Labute approximate surface area is 198 Å². The molecule has 0 aliphatic carbocycles. The molecule has 0 saturated heterocycles. The van der Waals surface area contributed by atoms with Crippen molar-refractivity contribution in [2.75, 3.05) is 0 Å². The molecule has 0 saturated carbocycles. The van der Waals surface area contributed by atoms with Crippen molar-refractivity contribution in [1.29, 1.82) is 0 Å². The van der Waals surface area contributed by atoms with E-state index in [4.69, 9.17) is 8.83 Å². The summed E-state index contributed by atoms with van der Waals surface area (Å²) in [5.41, 5.74) is 0.788. The van der Waals surface area contributed by atoms with Crippen LogP contribution in [0.3, 0.4) is 0 Å². The van der Waals surface area contributed by atoms with E-state index in [1.54, 1.807) is 24.3 Å². The SMILES string of the molecule is O=C(NCc1ccco1)c1coc(CN(Cc2ccc(F)cc2)Cc2ccc(C(F)(F)F)cc2)n1. The molecular formula is C25H21F4N3O3. The van der Waals surface area contributed by atoms with Gasteiger partial charge in [0.1, 0.15) is 17.8 Å². The zero-order chi connectivity index (χ0) is 24.8. The number of benzene rings is 2. The third-order valence-electron chi connectivity index (χ3n) is 5.15. The molecule has 0 atom stereocenters. The predicted octanol–water partition coefficient (Wildman–Crippen LogP) is 5.56. The summed E-state index contributed by atoms with van der Waals surface area (Å²) in [5.74, 6) is 0.0245. The Kier molecular flexibility index (Phi) is 7.31. The van der Waals surface area contributed by atoms with Gasteiger partial charge in [0, 0.05) is 13.1 Å². The number of hydrogen-bond donors (Lipinski definition) is 1. The lowest BCUT2D eigenvalue weighted by atomic mass is 10.1. The molecule has 182 valence electrons. The standard InChI is InChI=1S/C25H21F4N3O3/c26-20-9-5-18(6-10-20)14-32(13-17-3-7-19(8-4-17)25(27,28)29)15-23-31-22(16-35-23)24(33)30-12-21-2-1-11-34-21/h1-11,16H,12-15H2,(H,30,33). The van der Waals surface area contributed by atoms with Crippen LogP contribution in [-0.2, 0) is 32.4 Å². The summed E-state index contributed by atoms with van der Waals surface area (Å²) >= 11 is 0. The number of alkyl halides is 3. The third kappa shape index (κ3) is 6.80. The van der Waals surface area contributed by atoms with Crippen LogP contribution in [0.1, 0.15) is 38.8 Å². The number of aromatic nitrogens is 1. The summed E-state index contributed by atoms with van der Waals surface area (Å²) in [6.07, 6.45) is -1.68. The molecule has 0 unspecified atom stereocenters. The molecule has 4 rings (SSSR count). The van der Waals surface area contributed by atoms with E-state index in [1.165, 1.54) is 36.8 Å². The van der Waals surface area contributed by atoms with Gasteiger partial charge in [0.05, 0.1) is 24.9 Å². The maximum atomic E-state index is 13.3. The lowest BCUT2D eigenvalue weighted by Gasteiger charge is -2.21. The fourth-order valence-electron chi connectivity index (χ4n) is 3.42. The largest absolute Gasteiger partial charge is 0.467 e. The summed E-state index contributed by atoms with van der Waals surface area (Å²) in [6, 6.07) is 14.2. The molecule has 35 heavy (non-hydrogen) atoms. The van der Waals surface area contributed by atoms with E-state index < -0.39 is 17.6 Å². The van der Waals surface area contributed by atoms with Gasteiger partial charge in [0.2, 0.25) is 5.89 Å². The summed E-state index contributed by atoms with van der Waals surface area (Å²) < 4.78 is 62.6. The van der Waals surface area contributed by atoms with Crippen molar-refractivity contribution >= 4 is 5.91 Å². The first-order chi connectivity index (χ1) is 16.8. The Bertz CT molecular complexity index is 1230. The highest BCUT2D eigenvalue weighted by Gasteiger charge is 2.30. The van der Waals surface area contributed by atoms with E-state index in [-0.39, 0.29) is 37.0 Å². The molecule has 2 heterocycles. The molecule has 0 fully saturated rings. The number of hydrogen-bond acceptors (Lipinski definition) is 5. The second-order valence-electron chi connectivity index (χ2n) is 7.85. The van der Waals surface area contributed by atoms with Crippen molar-refractivity contribution in [3.05, 3.63) is 113 Å².